The third kappa shape index (κ3) is 5.90. The zero-order valence-corrected chi connectivity index (χ0v) is 21.9. The zero-order valence-electron chi connectivity index (χ0n) is 20.4. The Labute approximate surface area is 229 Å². The number of carbonyl (C=O) groups excluding carboxylic acids is 3. The Kier molecular flexibility index (Phi) is 8.19. The fourth-order valence-electron chi connectivity index (χ4n) is 4.25. The summed E-state index contributed by atoms with van der Waals surface area (Å²) < 4.78 is 4.88. The van der Waals surface area contributed by atoms with Crippen LogP contribution in [0.2, 0.25) is 10.0 Å². The number of methoxy groups -OCH3 is 1. The molecule has 0 fully saturated rings. The number of anilines is 1. The average Bonchev–Trinajstić information content (AvgIpc) is 2.88. The molecule has 0 saturated heterocycles. The number of benzene rings is 3. The van der Waals surface area contributed by atoms with Gasteiger partial charge < -0.3 is 26.4 Å². The van der Waals surface area contributed by atoms with E-state index in [2.05, 4.69) is 10.3 Å². The van der Waals surface area contributed by atoms with E-state index < -0.39 is 17.9 Å². The summed E-state index contributed by atoms with van der Waals surface area (Å²) in [6.45, 7) is 0.506. The number of nitrogens with two attached hydrogens (primary N) is 2. The number of ether oxygens (including phenoxy) is 1. The predicted molar refractivity (Wildman–Crippen MR) is 147 cm³/mol. The molecule has 3 aromatic carbocycles. The number of aliphatic imine (C=N–C) groups is 1. The van der Waals surface area contributed by atoms with Crippen LogP contribution in [0, 0.1) is 0 Å². The lowest BCUT2D eigenvalue weighted by Crippen LogP contribution is -2.43. The van der Waals surface area contributed by atoms with Gasteiger partial charge in [0.2, 0.25) is 0 Å². The molecule has 0 spiro atoms. The Morgan fingerprint density at radius 1 is 1.08 bits per heavy atom. The SMILES string of the molecule is COC(=O)[C@H](Cc1ccc(N2CCc3ccc(N=C(N)N)cc3C2=O)cc1)NC(=O)c1c(Cl)cccc1Cl. The monoisotopic (exact) mass is 553 g/mol. The summed E-state index contributed by atoms with van der Waals surface area (Å²) in [5.41, 5.74) is 14.4. The molecule has 9 nitrogen and oxygen atoms in total. The summed E-state index contributed by atoms with van der Waals surface area (Å²) in [4.78, 5) is 44.2. The van der Waals surface area contributed by atoms with Gasteiger partial charge in [-0.2, -0.15) is 0 Å². The fourth-order valence-corrected chi connectivity index (χ4v) is 4.82. The quantitative estimate of drug-likeness (QED) is 0.232. The van der Waals surface area contributed by atoms with Gasteiger partial charge >= 0.3 is 5.97 Å². The van der Waals surface area contributed by atoms with Gasteiger partial charge in [-0.1, -0.05) is 47.5 Å². The summed E-state index contributed by atoms with van der Waals surface area (Å²) in [7, 11) is 1.24. The molecular weight excluding hydrogens is 529 g/mol. The van der Waals surface area contributed by atoms with Crippen LogP contribution in [-0.4, -0.2) is 43.4 Å². The number of rotatable bonds is 7. The van der Waals surface area contributed by atoms with Crippen molar-refractivity contribution in [3.8, 4) is 0 Å². The first-order valence-corrected chi connectivity index (χ1v) is 12.4. The van der Waals surface area contributed by atoms with Crippen molar-refractivity contribution in [3.63, 3.8) is 0 Å². The number of carbonyl (C=O) groups is 3. The number of halogens is 2. The number of nitrogens with one attached hydrogen (secondary N) is 1. The molecule has 1 aliphatic rings. The van der Waals surface area contributed by atoms with Crippen LogP contribution in [0.1, 0.15) is 31.8 Å². The van der Waals surface area contributed by atoms with Crippen LogP contribution in [0.5, 0.6) is 0 Å². The molecule has 1 atom stereocenters. The maximum atomic E-state index is 13.2. The van der Waals surface area contributed by atoms with E-state index >= 15 is 0 Å². The highest BCUT2D eigenvalue weighted by atomic mass is 35.5. The zero-order chi connectivity index (χ0) is 27.4. The first kappa shape index (κ1) is 27.0. The second kappa shape index (κ2) is 11.5. The molecule has 0 aromatic heterocycles. The van der Waals surface area contributed by atoms with E-state index in [1.54, 1.807) is 47.4 Å². The molecule has 0 bridgehead atoms. The Balaban J connectivity index is 1.51. The Bertz CT molecular complexity index is 1400. The van der Waals surface area contributed by atoms with Gasteiger partial charge in [0.15, 0.2) is 5.96 Å². The molecule has 0 radical (unpaired) electrons. The van der Waals surface area contributed by atoms with E-state index in [0.717, 1.165) is 11.1 Å². The molecule has 38 heavy (non-hydrogen) atoms. The molecule has 0 aliphatic carbocycles. The molecule has 4 rings (SSSR count). The molecule has 3 aromatic rings. The van der Waals surface area contributed by atoms with Gasteiger partial charge in [0.25, 0.3) is 11.8 Å². The summed E-state index contributed by atoms with van der Waals surface area (Å²) in [6.07, 6.45) is 0.825. The largest absolute Gasteiger partial charge is 0.467 e. The third-order valence-electron chi connectivity index (χ3n) is 6.10. The maximum Gasteiger partial charge on any atom is 0.328 e. The van der Waals surface area contributed by atoms with E-state index in [0.29, 0.717) is 29.9 Å². The minimum Gasteiger partial charge on any atom is -0.467 e. The Morgan fingerprint density at radius 2 is 1.76 bits per heavy atom. The van der Waals surface area contributed by atoms with Crippen molar-refractivity contribution in [3.05, 3.63) is 93.0 Å². The lowest BCUT2D eigenvalue weighted by Gasteiger charge is -2.29. The van der Waals surface area contributed by atoms with Crippen LogP contribution in [-0.2, 0) is 22.4 Å². The smallest absolute Gasteiger partial charge is 0.328 e. The van der Waals surface area contributed by atoms with E-state index in [9.17, 15) is 14.4 Å². The van der Waals surface area contributed by atoms with Crippen molar-refractivity contribution >= 4 is 58.3 Å². The molecule has 11 heteroatoms. The van der Waals surface area contributed by atoms with Gasteiger partial charge in [-0.3, -0.25) is 9.59 Å². The van der Waals surface area contributed by atoms with Gasteiger partial charge in [-0.05, 0) is 53.9 Å². The number of guanidine groups is 1. The Morgan fingerprint density at radius 3 is 2.39 bits per heavy atom. The lowest BCUT2D eigenvalue weighted by molar-refractivity contribution is -0.142. The first-order valence-electron chi connectivity index (χ1n) is 11.6. The normalized spacial score (nSPS) is 13.3. The van der Waals surface area contributed by atoms with E-state index in [-0.39, 0.29) is 33.9 Å². The van der Waals surface area contributed by atoms with Gasteiger partial charge in [0, 0.05) is 24.2 Å². The fraction of sp³-hybridized carbons (Fsp3) is 0.185. The molecule has 1 heterocycles. The Hall–Kier alpha value is -4.08. The van der Waals surface area contributed by atoms with Crippen molar-refractivity contribution in [1.82, 2.24) is 5.32 Å². The van der Waals surface area contributed by atoms with Gasteiger partial charge in [0.05, 0.1) is 28.4 Å². The number of amides is 2. The van der Waals surface area contributed by atoms with Gasteiger partial charge in [-0.25, -0.2) is 9.79 Å². The molecule has 1 aliphatic heterocycles. The minimum atomic E-state index is -0.983. The minimum absolute atomic E-state index is 0.0759. The second-order valence-electron chi connectivity index (χ2n) is 8.60. The summed E-state index contributed by atoms with van der Waals surface area (Å²) in [5, 5.41) is 2.99. The highest BCUT2D eigenvalue weighted by Crippen LogP contribution is 2.28. The number of hydrogen-bond acceptors (Lipinski definition) is 5. The van der Waals surface area contributed by atoms with Crippen molar-refractivity contribution < 1.29 is 19.1 Å². The number of esters is 1. The van der Waals surface area contributed by atoms with E-state index in [1.807, 2.05) is 6.07 Å². The van der Waals surface area contributed by atoms with Crippen LogP contribution >= 0.6 is 23.2 Å². The maximum absolute atomic E-state index is 13.2. The topological polar surface area (TPSA) is 140 Å². The van der Waals surface area contributed by atoms with Crippen LogP contribution in [0.4, 0.5) is 11.4 Å². The molecule has 0 saturated carbocycles. The molecule has 5 N–H and O–H groups in total. The van der Waals surface area contributed by atoms with E-state index in [1.165, 1.54) is 19.2 Å². The standard InChI is InChI=1S/C27H25Cl2N5O4/c1-38-26(37)22(33-24(35)23-20(28)3-2-4-21(23)29)13-15-5-9-18(10-6-15)34-12-11-16-7-8-17(32-27(30)31)14-19(16)25(34)36/h2-10,14,22H,11-13H2,1H3,(H,33,35)(H4,30,31,32)/t22-/m0/s1. The highest BCUT2D eigenvalue weighted by Gasteiger charge is 2.27. The van der Waals surface area contributed by atoms with Crippen LogP contribution in [0.3, 0.4) is 0 Å². The van der Waals surface area contributed by atoms with Crippen LogP contribution in [0.15, 0.2) is 65.7 Å². The van der Waals surface area contributed by atoms with Crippen LogP contribution in [0.25, 0.3) is 0 Å². The molecule has 196 valence electrons. The number of hydrogen-bond donors (Lipinski definition) is 3. The molecular formula is C27H25Cl2N5O4. The average molecular weight is 554 g/mol. The van der Waals surface area contributed by atoms with Crippen molar-refractivity contribution in [2.24, 2.45) is 16.5 Å². The van der Waals surface area contributed by atoms with Crippen LogP contribution < -0.4 is 21.7 Å². The first-order chi connectivity index (χ1) is 18.2. The van der Waals surface area contributed by atoms with Crippen molar-refractivity contribution in [2.45, 2.75) is 18.9 Å². The van der Waals surface area contributed by atoms with Gasteiger partial charge in [0.1, 0.15) is 6.04 Å². The van der Waals surface area contributed by atoms with E-state index in [4.69, 9.17) is 39.4 Å². The third-order valence-corrected chi connectivity index (χ3v) is 6.73. The predicted octanol–water partition coefficient (Wildman–Crippen LogP) is 3.62. The summed E-state index contributed by atoms with van der Waals surface area (Å²) in [5.74, 6) is -1.46. The summed E-state index contributed by atoms with van der Waals surface area (Å²) >= 11 is 12.3. The lowest BCUT2D eigenvalue weighted by atomic mass is 9.97. The van der Waals surface area contributed by atoms with Crippen molar-refractivity contribution in [1.29, 1.82) is 0 Å². The number of fused-ring (bicyclic) bond motifs is 1. The molecule has 2 amide bonds. The highest BCUT2D eigenvalue weighted by molar-refractivity contribution is 6.39. The summed E-state index contributed by atoms with van der Waals surface area (Å²) in [6, 6.07) is 16.2. The van der Waals surface area contributed by atoms with Gasteiger partial charge in [-0.15, -0.1) is 0 Å². The number of nitrogens with zero attached hydrogens (tertiary/aromatic N) is 2. The molecule has 0 unspecified atom stereocenters. The van der Waals surface area contributed by atoms with Crippen molar-refractivity contribution in [2.75, 3.05) is 18.6 Å². The second-order valence-corrected chi connectivity index (χ2v) is 9.42.